The fourth-order valence-electron chi connectivity index (χ4n) is 19.0. The fourth-order valence-corrected chi connectivity index (χ4v) is 19.0. The predicted octanol–water partition coefficient (Wildman–Crippen LogP) is 11.8. The van der Waals surface area contributed by atoms with Crippen LogP contribution in [0, 0.1) is 0 Å². The van der Waals surface area contributed by atoms with Gasteiger partial charge in [0.1, 0.15) is 30.5 Å². The van der Waals surface area contributed by atoms with E-state index < -0.39 is 23.9 Å². The summed E-state index contributed by atoms with van der Waals surface area (Å²) in [6.07, 6.45) is 10.2. The molecule has 92 heavy (non-hydrogen) atoms. The first-order chi connectivity index (χ1) is 42.3. The maximum Gasteiger partial charge on any atom is 0.320 e. The Labute approximate surface area is 561 Å². The van der Waals surface area contributed by atoms with E-state index in [1.807, 2.05) is 4.90 Å². The van der Waals surface area contributed by atoms with Crippen molar-refractivity contribution in [3.63, 3.8) is 0 Å². The largest absolute Gasteiger partial charge is 0.461 e. The molecular weight excluding hydrogens is 1160 g/mol. The molecule has 0 aromatic heterocycles. The van der Waals surface area contributed by atoms with Gasteiger partial charge in [-0.25, -0.2) is 0 Å². The third kappa shape index (κ3) is 21.8. The van der Waals surface area contributed by atoms with E-state index in [0.29, 0.717) is 64.2 Å². The van der Waals surface area contributed by atoms with Gasteiger partial charge < -0.3 is 23.7 Å². The first kappa shape index (κ1) is 79.7. The molecule has 0 unspecified atom stereocenters. The second kappa shape index (κ2) is 31.7. The molecule has 0 aliphatic carbocycles. The summed E-state index contributed by atoms with van der Waals surface area (Å²) in [5.41, 5.74) is -2.15. The van der Waals surface area contributed by atoms with E-state index >= 15 is 0 Å². The van der Waals surface area contributed by atoms with E-state index in [-0.39, 0.29) is 151 Å². The van der Waals surface area contributed by atoms with Gasteiger partial charge in [-0.1, -0.05) is 34.6 Å². The number of carbonyl (C=O) groups is 5. The lowest BCUT2D eigenvalue weighted by Gasteiger charge is -2.55. The first-order valence-electron chi connectivity index (χ1n) is 36.3. The smallest absolute Gasteiger partial charge is 0.320 e. The summed E-state index contributed by atoms with van der Waals surface area (Å²) >= 11 is 0. The van der Waals surface area contributed by atoms with Crippen molar-refractivity contribution in [3.05, 3.63) is 0 Å². The minimum absolute atomic E-state index is 0.108. The van der Waals surface area contributed by atoms with E-state index in [0.717, 1.165) is 64.8 Å². The molecular formula is C74H138N8O10. The predicted molar refractivity (Wildman–Crippen MR) is 371 cm³/mol. The van der Waals surface area contributed by atoms with Gasteiger partial charge in [0, 0.05) is 146 Å². The Hall–Kier alpha value is -2.97. The lowest BCUT2D eigenvalue weighted by Crippen LogP contribution is -2.62. The Kier molecular flexibility index (Phi) is 27.5. The standard InChI is InChI=1S/C74H138N8O10/c1-26-31-78-65(6,7)40-55(41-66(78,8)9)88-60(83)50-75(36-38-76(51-61(84)89-56-42-67(10,11)79(32-27-2)68(12,13)43-56)52-62(85)90-57-44-69(14,15)80(33-28-3)70(16,17)45-57)37-39-77(53-63(86)91-58-46-71(18,19)81(34-29-4)72(20,21)47-58)54-64(87)92-59-48-73(22,23)82(35-30-5)74(24,25)49-59/h55-59H,26-54H2,1-25H3. The van der Waals surface area contributed by atoms with Crippen LogP contribution in [0.3, 0.4) is 0 Å². The summed E-state index contributed by atoms with van der Waals surface area (Å²) < 4.78 is 32.3. The minimum atomic E-state index is -0.423. The Morgan fingerprint density at radius 2 is 0.391 bits per heavy atom. The van der Waals surface area contributed by atoms with Crippen LogP contribution in [0.4, 0.5) is 0 Å². The highest BCUT2D eigenvalue weighted by atomic mass is 16.6. The molecule has 18 heteroatoms. The highest BCUT2D eigenvalue weighted by Gasteiger charge is 2.51. The number of nitrogens with zero attached hydrogens (tertiary/aromatic N) is 8. The molecule has 5 fully saturated rings. The summed E-state index contributed by atoms with van der Waals surface area (Å²) in [7, 11) is 0. The maximum absolute atomic E-state index is 14.7. The summed E-state index contributed by atoms with van der Waals surface area (Å²) in [6.45, 7) is 60.3. The molecule has 0 spiro atoms. The fraction of sp³-hybridized carbons (Fsp3) is 0.932. The molecule has 0 saturated carbocycles. The average molecular weight is 1300 g/mol. The monoisotopic (exact) mass is 1300 g/mol. The zero-order valence-corrected chi connectivity index (χ0v) is 63.6. The molecule has 5 aliphatic heterocycles. The molecule has 0 aromatic rings. The quantitative estimate of drug-likeness (QED) is 0.0476. The molecule has 5 rings (SSSR count). The normalized spacial score (nSPS) is 24.6. The van der Waals surface area contributed by atoms with Crippen molar-refractivity contribution < 1.29 is 47.7 Å². The van der Waals surface area contributed by atoms with Gasteiger partial charge in [0.05, 0.1) is 32.7 Å². The van der Waals surface area contributed by atoms with E-state index in [2.05, 4.69) is 198 Å². The molecule has 0 atom stereocenters. The lowest BCUT2D eigenvalue weighted by molar-refractivity contribution is -0.167. The van der Waals surface area contributed by atoms with Crippen LogP contribution in [0.2, 0.25) is 0 Å². The molecule has 0 aromatic carbocycles. The van der Waals surface area contributed by atoms with Crippen molar-refractivity contribution in [1.82, 2.24) is 39.2 Å². The van der Waals surface area contributed by atoms with Gasteiger partial charge in [-0.05, 0) is 203 Å². The molecule has 0 bridgehead atoms. The van der Waals surface area contributed by atoms with E-state index in [9.17, 15) is 24.0 Å². The molecule has 5 aliphatic rings. The number of rotatable bonds is 31. The van der Waals surface area contributed by atoms with E-state index in [1.54, 1.807) is 9.80 Å². The van der Waals surface area contributed by atoms with Gasteiger partial charge in [0.15, 0.2) is 0 Å². The minimum Gasteiger partial charge on any atom is -0.461 e. The summed E-state index contributed by atoms with van der Waals surface area (Å²) in [5.74, 6) is -2.08. The van der Waals surface area contributed by atoms with Crippen LogP contribution in [0.5, 0.6) is 0 Å². The summed E-state index contributed by atoms with van der Waals surface area (Å²) in [5, 5.41) is 0. The molecule has 534 valence electrons. The highest BCUT2D eigenvalue weighted by molar-refractivity contribution is 5.76. The van der Waals surface area contributed by atoms with Crippen molar-refractivity contribution >= 4 is 29.8 Å². The zero-order valence-electron chi connectivity index (χ0n) is 63.6. The molecule has 0 radical (unpaired) electrons. The topological polar surface area (TPSA) is 157 Å². The number of likely N-dealkylation sites (tertiary alicyclic amines) is 5. The third-order valence-electron chi connectivity index (χ3n) is 21.5. The van der Waals surface area contributed by atoms with Crippen LogP contribution >= 0.6 is 0 Å². The van der Waals surface area contributed by atoms with Crippen LogP contribution in [-0.2, 0) is 47.7 Å². The number of carbonyl (C=O) groups excluding carboxylic acids is 5. The van der Waals surface area contributed by atoms with Crippen molar-refractivity contribution in [3.8, 4) is 0 Å². The molecule has 18 nitrogen and oxygen atoms in total. The highest BCUT2D eigenvalue weighted by Crippen LogP contribution is 2.45. The van der Waals surface area contributed by atoms with E-state index in [4.69, 9.17) is 23.7 Å². The average Bonchev–Trinajstić information content (AvgIpc) is 0.811. The number of hydrogen-bond donors (Lipinski definition) is 0. The van der Waals surface area contributed by atoms with Crippen molar-refractivity contribution in [2.24, 2.45) is 0 Å². The Morgan fingerprint density at radius 1 is 0.261 bits per heavy atom. The van der Waals surface area contributed by atoms with Crippen LogP contribution in [0.25, 0.3) is 0 Å². The first-order valence-corrected chi connectivity index (χ1v) is 36.3. The van der Waals surface area contributed by atoms with Crippen LogP contribution in [0.15, 0.2) is 0 Å². The van der Waals surface area contributed by atoms with Crippen molar-refractivity contribution in [2.75, 3.05) is 91.6 Å². The second-order valence-electron chi connectivity index (χ2n) is 35.2. The molecule has 5 heterocycles. The summed E-state index contributed by atoms with van der Waals surface area (Å²) in [4.78, 5) is 91.0. The Balaban J connectivity index is 1.48. The van der Waals surface area contributed by atoms with Gasteiger partial charge in [0.25, 0.3) is 0 Å². The number of hydrogen-bond acceptors (Lipinski definition) is 18. The van der Waals surface area contributed by atoms with Gasteiger partial charge in [-0.2, -0.15) is 0 Å². The Bertz CT molecular complexity index is 2070. The van der Waals surface area contributed by atoms with E-state index in [1.165, 1.54) is 0 Å². The van der Waals surface area contributed by atoms with Gasteiger partial charge in [-0.3, -0.25) is 63.2 Å². The number of esters is 5. The number of piperidine rings is 5. The molecule has 0 amide bonds. The van der Waals surface area contributed by atoms with Gasteiger partial charge in [-0.15, -0.1) is 0 Å². The summed E-state index contributed by atoms with van der Waals surface area (Å²) in [6, 6.07) is 0. The molecule has 0 N–H and O–H groups in total. The van der Waals surface area contributed by atoms with Gasteiger partial charge in [0.2, 0.25) is 0 Å². The van der Waals surface area contributed by atoms with Crippen LogP contribution in [-0.4, -0.2) is 247 Å². The van der Waals surface area contributed by atoms with Crippen LogP contribution < -0.4 is 0 Å². The zero-order chi connectivity index (χ0) is 69.4. The maximum atomic E-state index is 14.7. The number of ether oxygens (including phenoxy) is 5. The molecule has 5 saturated heterocycles. The van der Waals surface area contributed by atoms with Crippen molar-refractivity contribution in [2.45, 2.75) is 355 Å². The third-order valence-corrected chi connectivity index (χ3v) is 21.5. The lowest BCUT2D eigenvalue weighted by atomic mass is 9.78. The van der Waals surface area contributed by atoms with Crippen molar-refractivity contribution in [1.29, 1.82) is 0 Å². The van der Waals surface area contributed by atoms with Crippen LogP contribution in [0.1, 0.15) is 269 Å². The van der Waals surface area contributed by atoms with Gasteiger partial charge >= 0.3 is 29.8 Å². The Morgan fingerprint density at radius 3 is 0.533 bits per heavy atom. The SMILES string of the molecule is CCCN1C(C)(C)CC(OC(=O)CN(CCN(CC(=O)OC2CC(C)(C)N(CCC)C(C)(C)C2)CC(=O)OC2CC(C)(C)N(CCC)C(C)(C)C2)CCN(CC(=O)OC2CC(C)(C)N(CCC)C(C)(C)C2)CC(=O)OC2CC(C)(C)N(CCC)C(C)(C)C2)CC1(C)C. The second-order valence-corrected chi connectivity index (χ2v) is 35.2.